The van der Waals surface area contributed by atoms with Crippen LogP contribution in [0, 0.1) is 0 Å². The molecule has 0 amide bonds. The minimum absolute atomic E-state index is 0.260. The molecular weight excluding hydrogens is 126 g/mol. The highest BCUT2D eigenvalue weighted by atomic mass is 16.1. The summed E-state index contributed by atoms with van der Waals surface area (Å²) < 4.78 is 0. The van der Waals surface area contributed by atoms with Crippen molar-refractivity contribution in [3.05, 3.63) is 12.7 Å². The van der Waals surface area contributed by atoms with Gasteiger partial charge in [0.15, 0.2) is 0 Å². The summed E-state index contributed by atoms with van der Waals surface area (Å²) in [5.74, 6) is 0.260. The number of ketones is 1. The third-order valence-electron chi connectivity index (χ3n) is 1.20. The van der Waals surface area contributed by atoms with Crippen LogP contribution >= 0.6 is 0 Å². The van der Waals surface area contributed by atoms with E-state index in [-0.39, 0.29) is 5.78 Å². The monoisotopic (exact) mass is 141 g/mol. The first-order valence-corrected chi connectivity index (χ1v) is 3.64. The molecule has 0 aliphatic carbocycles. The maximum atomic E-state index is 10.8. The lowest BCUT2D eigenvalue weighted by molar-refractivity contribution is -0.118. The van der Waals surface area contributed by atoms with Gasteiger partial charge < -0.3 is 5.32 Å². The molecule has 0 saturated carbocycles. The van der Waals surface area contributed by atoms with E-state index in [2.05, 4.69) is 11.9 Å². The second-order valence-corrected chi connectivity index (χ2v) is 2.14. The summed E-state index contributed by atoms with van der Waals surface area (Å²) in [5, 5.41) is 3.08. The van der Waals surface area contributed by atoms with Crippen LogP contribution in [-0.4, -0.2) is 18.9 Å². The maximum absolute atomic E-state index is 10.8. The predicted molar refractivity (Wildman–Crippen MR) is 43.0 cm³/mol. The first-order chi connectivity index (χ1) is 4.81. The van der Waals surface area contributed by atoms with Crippen molar-refractivity contribution < 1.29 is 4.79 Å². The van der Waals surface area contributed by atoms with Gasteiger partial charge in [-0.1, -0.05) is 13.0 Å². The quantitative estimate of drug-likeness (QED) is 0.444. The molecule has 1 N–H and O–H groups in total. The van der Waals surface area contributed by atoms with Crippen LogP contribution in [0.2, 0.25) is 0 Å². The van der Waals surface area contributed by atoms with E-state index >= 15 is 0 Å². The van der Waals surface area contributed by atoms with E-state index < -0.39 is 0 Å². The zero-order valence-corrected chi connectivity index (χ0v) is 6.52. The molecule has 0 aromatic heterocycles. The van der Waals surface area contributed by atoms with Crippen molar-refractivity contribution in [3.63, 3.8) is 0 Å². The Bertz CT molecular complexity index is 110. The van der Waals surface area contributed by atoms with Gasteiger partial charge in [0.2, 0.25) is 0 Å². The number of Topliss-reactive ketones (excluding diaryl/α,β-unsaturated/α-hetero) is 1. The predicted octanol–water partition coefficient (Wildman–Crippen LogP) is 1.13. The number of allylic oxidation sites excluding steroid dienone is 1. The number of carbonyl (C=O) groups excluding carboxylic acids is 1. The molecule has 0 atom stereocenters. The Morgan fingerprint density at radius 3 is 2.90 bits per heavy atom. The van der Waals surface area contributed by atoms with Gasteiger partial charge in [-0.3, -0.25) is 4.79 Å². The molecule has 0 radical (unpaired) electrons. The van der Waals surface area contributed by atoms with E-state index in [1.165, 1.54) is 0 Å². The topological polar surface area (TPSA) is 29.1 Å². The van der Waals surface area contributed by atoms with Crippen LogP contribution < -0.4 is 5.32 Å². The Kier molecular flexibility index (Phi) is 6.08. The maximum Gasteiger partial charge on any atom is 0.137 e. The van der Waals surface area contributed by atoms with Crippen LogP contribution in [-0.2, 0) is 4.79 Å². The second-order valence-electron chi connectivity index (χ2n) is 2.14. The molecule has 2 nitrogen and oxygen atoms in total. The van der Waals surface area contributed by atoms with E-state index in [0.29, 0.717) is 12.8 Å². The Morgan fingerprint density at radius 1 is 1.70 bits per heavy atom. The zero-order valence-electron chi connectivity index (χ0n) is 6.52. The summed E-state index contributed by atoms with van der Waals surface area (Å²) in [6.45, 7) is 7.24. The Balaban J connectivity index is 3.13. The van der Waals surface area contributed by atoms with Gasteiger partial charge in [0, 0.05) is 19.4 Å². The lowest BCUT2D eigenvalue weighted by atomic mass is 10.2. The van der Waals surface area contributed by atoms with Crippen LogP contribution in [0.25, 0.3) is 0 Å². The molecule has 0 aromatic rings. The summed E-state index contributed by atoms with van der Waals surface area (Å²) >= 11 is 0. The SMILES string of the molecule is C=CCC(=O)CCNCC. The molecule has 0 saturated heterocycles. The first kappa shape index (κ1) is 9.37. The third kappa shape index (κ3) is 5.51. The lowest BCUT2D eigenvalue weighted by Gasteiger charge is -1.97. The summed E-state index contributed by atoms with van der Waals surface area (Å²) in [4.78, 5) is 10.8. The molecular formula is C8H15NO. The minimum Gasteiger partial charge on any atom is -0.317 e. The fourth-order valence-corrected chi connectivity index (χ4v) is 0.668. The van der Waals surface area contributed by atoms with Crippen molar-refractivity contribution in [1.82, 2.24) is 5.32 Å². The van der Waals surface area contributed by atoms with Gasteiger partial charge >= 0.3 is 0 Å². The van der Waals surface area contributed by atoms with E-state index in [9.17, 15) is 4.79 Å². The Labute approximate surface area is 62.3 Å². The van der Waals surface area contributed by atoms with Crippen LogP contribution in [0.15, 0.2) is 12.7 Å². The number of hydrogen-bond acceptors (Lipinski definition) is 2. The summed E-state index contributed by atoms with van der Waals surface area (Å²) in [5.41, 5.74) is 0. The summed E-state index contributed by atoms with van der Waals surface area (Å²) in [6, 6.07) is 0. The second kappa shape index (κ2) is 6.49. The molecule has 58 valence electrons. The van der Waals surface area contributed by atoms with Crippen molar-refractivity contribution >= 4 is 5.78 Å². The van der Waals surface area contributed by atoms with Crippen LogP contribution in [0.1, 0.15) is 19.8 Å². The molecule has 10 heavy (non-hydrogen) atoms. The number of hydrogen-bond donors (Lipinski definition) is 1. The molecule has 0 aromatic carbocycles. The fraction of sp³-hybridized carbons (Fsp3) is 0.625. The number of nitrogens with one attached hydrogen (secondary N) is 1. The molecule has 0 aliphatic heterocycles. The third-order valence-corrected chi connectivity index (χ3v) is 1.20. The highest BCUT2D eigenvalue weighted by Crippen LogP contribution is 1.87. The van der Waals surface area contributed by atoms with Crippen molar-refractivity contribution in [2.24, 2.45) is 0 Å². The minimum atomic E-state index is 0.260. The normalized spacial score (nSPS) is 9.30. The van der Waals surface area contributed by atoms with Gasteiger partial charge in [0.05, 0.1) is 0 Å². The van der Waals surface area contributed by atoms with Crippen molar-refractivity contribution in [2.45, 2.75) is 19.8 Å². The lowest BCUT2D eigenvalue weighted by Crippen LogP contribution is -2.17. The smallest absolute Gasteiger partial charge is 0.137 e. The van der Waals surface area contributed by atoms with Gasteiger partial charge in [-0.2, -0.15) is 0 Å². The highest BCUT2D eigenvalue weighted by molar-refractivity contribution is 5.79. The van der Waals surface area contributed by atoms with E-state index in [4.69, 9.17) is 0 Å². The van der Waals surface area contributed by atoms with E-state index in [1.54, 1.807) is 6.08 Å². The van der Waals surface area contributed by atoms with Gasteiger partial charge in [0.1, 0.15) is 5.78 Å². The van der Waals surface area contributed by atoms with Gasteiger partial charge in [-0.05, 0) is 6.54 Å². The number of rotatable bonds is 6. The zero-order chi connectivity index (χ0) is 7.82. The van der Waals surface area contributed by atoms with Crippen molar-refractivity contribution in [1.29, 1.82) is 0 Å². The molecule has 0 bridgehead atoms. The fourth-order valence-electron chi connectivity index (χ4n) is 0.668. The molecule has 2 heteroatoms. The van der Waals surface area contributed by atoms with E-state index in [1.807, 2.05) is 6.92 Å². The molecule has 0 rings (SSSR count). The molecule has 0 aliphatic rings. The van der Waals surface area contributed by atoms with Crippen LogP contribution in [0.5, 0.6) is 0 Å². The standard InChI is InChI=1S/C8H15NO/c1-3-5-8(10)6-7-9-4-2/h3,9H,1,4-7H2,2H3. The molecule has 0 unspecified atom stereocenters. The average Bonchev–Trinajstić information content (AvgIpc) is 1.89. The molecule has 0 spiro atoms. The Hall–Kier alpha value is -0.630. The Morgan fingerprint density at radius 2 is 2.40 bits per heavy atom. The van der Waals surface area contributed by atoms with Crippen LogP contribution in [0.3, 0.4) is 0 Å². The van der Waals surface area contributed by atoms with Crippen molar-refractivity contribution in [3.8, 4) is 0 Å². The summed E-state index contributed by atoms with van der Waals surface area (Å²) in [7, 11) is 0. The average molecular weight is 141 g/mol. The summed E-state index contributed by atoms with van der Waals surface area (Å²) in [6.07, 6.45) is 2.78. The number of carbonyl (C=O) groups is 1. The molecule has 0 fully saturated rings. The van der Waals surface area contributed by atoms with Crippen LogP contribution in [0.4, 0.5) is 0 Å². The molecule has 0 heterocycles. The van der Waals surface area contributed by atoms with Crippen molar-refractivity contribution in [2.75, 3.05) is 13.1 Å². The first-order valence-electron chi connectivity index (χ1n) is 3.64. The highest BCUT2D eigenvalue weighted by Gasteiger charge is 1.95. The van der Waals surface area contributed by atoms with E-state index in [0.717, 1.165) is 13.1 Å². The van der Waals surface area contributed by atoms with Gasteiger partial charge in [-0.15, -0.1) is 6.58 Å². The van der Waals surface area contributed by atoms with Gasteiger partial charge in [0.25, 0.3) is 0 Å². The van der Waals surface area contributed by atoms with Gasteiger partial charge in [-0.25, -0.2) is 0 Å². The largest absolute Gasteiger partial charge is 0.317 e.